The standard InChI is InChI=1S/C23H28ClN7O/c24-20-11-12-21(25-16-20)26-23(32)19-10-7-14-30(17-19)13-5-2-6-15-31-28-22(27-29-31)18-8-3-1-4-9-18/h1,3-4,8-9,11-12,16,19H,2,5-7,10,13-15,17H2,(H,25,26,32). The highest BCUT2D eigenvalue weighted by Crippen LogP contribution is 2.19. The van der Waals surface area contributed by atoms with Crippen LogP contribution >= 0.6 is 11.6 Å². The van der Waals surface area contributed by atoms with Gasteiger partial charge >= 0.3 is 0 Å². The van der Waals surface area contributed by atoms with Crippen LogP contribution in [0.15, 0.2) is 48.7 Å². The van der Waals surface area contributed by atoms with E-state index in [-0.39, 0.29) is 11.8 Å². The summed E-state index contributed by atoms with van der Waals surface area (Å²) in [6.45, 7) is 3.61. The van der Waals surface area contributed by atoms with Crippen LogP contribution in [0.4, 0.5) is 5.82 Å². The van der Waals surface area contributed by atoms with Crippen molar-refractivity contribution in [2.24, 2.45) is 5.92 Å². The molecule has 1 saturated heterocycles. The summed E-state index contributed by atoms with van der Waals surface area (Å²) in [5.41, 5.74) is 0.981. The molecule has 0 aliphatic carbocycles. The highest BCUT2D eigenvalue weighted by molar-refractivity contribution is 6.30. The number of hydrogen-bond acceptors (Lipinski definition) is 6. The monoisotopic (exact) mass is 453 g/mol. The Morgan fingerprint density at radius 1 is 1.09 bits per heavy atom. The summed E-state index contributed by atoms with van der Waals surface area (Å²) in [5, 5.41) is 16.2. The number of rotatable bonds is 9. The molecule has 1 N–H and O–H groups in total. The lowest BCUT2D eigenvalue weighted by Gasteiger charge is -2.31. The van der Waals surface area contributed by atoms with Crippen molar-refractivity contribution in [1.82, 2.24) is 30.1 Å². The predicted molar refractivity (Wildman–Crippen MR) is 124 cm³/mol. The first-order valence-corrected chi connectivity index (χ1v) is 11.5. The zero-order chi connectivity index (χ0) is 22.2. The van der Waals surface area contributed by atoms with Gasteiger partial charge in [0, 0.05) is 18.3 Å². The van der Waals surface area contributed by atoms with Gasteiger partial charge in [-0.2, -0.15) is 4.80 Å². The summed E-state index contributed by atoms with van der Waals surface area (Å²) in [4.78, 5) is 20.8. The molecular weight excluding hydrogens is 426 g/mol. The third-order valence-electron chi connectivity index (χ3n) is 5.67. The molecule has 168 valence electrons. The summed E-state index contributed by atoms with van der Waals surface area (Å²) >= 11 is 5.85. The number of piperidine rings is 1. The molecule has 0 bridgehead atoms. The van der Waals surface area contributed by atoms with Gasteiger partial charge in [0.15, 0.2) is 0 Å². The summed E-state index contributed by atoms with van der Waals surface area (Å²) in [7, 11) is 0. The molecule has 1 amide bonds. The van der Waals surface area contributed by atoms with Crippen LogP contribution in [0, 0.1) is 5.92 Å². The van der Waals surface area contributed by atoms with Crippen LogP contribution < -0.4 is 5.32 Å². The van der Waals surface area contributed by atoms with Crippen molar-refractivity contribution in [1.29, 1.82) is 0 Å². The fourth-order valence-electron chi connectivity index (χ4n) is 3.96. The zero-order valence-corrected chi connectivity index (χ0v) is 18.8. The Morgan fingerprint density at radius 3 is 2.75 bits per heavy atom. The molecule has 0 radical (unpaired) electrons. The van der Waals surface area contributed by atoms with Gasteiger partial charge in [0.25, 0.3) is 0 Å². The fourth-order valence-corrected chi connectivity index (χ4v) is 4.07. The first kappa shape index (κ1) is 22.4. The molecule has 1 atom stereocenters. The van der Waals surface area contributed by atoms with Gasteiger partial charge < -0.3 is 10.2 Å². The number of tetrazole rings is 1. The number of halogens is 1. The van der Waals surface area contributed by atoms with Crippen LogP contribution in [-0.2, 0) is 11.3 Å². The Balaban J connectivity index is 1.15. The van der Waals surface area contributed by atoms with Crippen molar-refractivity contribution in [2.75, 3.05) is 25.0 Å². The molecule has 1 aromatic carbocycles. The van der Waals surface area contributed by atoms with E-state index in [2.05, 4.69) is 30.6 Å². The quantitative estimate of drug-likeness (QED) is 0.494. The molecule has 1 unspecified atom stereocenters. The molecule has 1 aliphatic rings. The van der Waals surface area contributed by atoms with Gasteiger partial charge in [-0.25, -0.2) is 4.98 Å². The Labute approximate surface area is 193 Å². The number of likely N-dealkylation sites (tertiary alicyclic amines) is 1. The summed E-state index contributed by atoms with van der Waals surface area (Å²) in [6, 6.07) is 13.3. The van der Waals surface area contributed by atoms with Crippen LogP contribution in [0.1, 0.15) is 32.1 Å². The lowest BCUT2D eigenvalue weighted by molar-refractivity contribution is -0.121. The van der Waals surface area contributed by atoms with Crippen molar-refractivity contribution in [3.8, 4) is 11.4 Å². The lowest BCUT2D eigenvalue weighted by Crippen LogP contribution is -2.41. The molecule has 3 aromatic rings. The Morgan fingerprint density at radius 2 is 1.94 bits per heavy atom. The van der Waals surface area contributed by atoms with Gasteiger partial charge in [-0.3, -0.25) is 4.79 Å². The average molecular weight is 454 g/mol. The zero-order valence-electron chi connectivity index (χ0n) is 18.0. The predicted octanol–water partition coefficient (Wildman–Crippen LogP) is 3.91. The maximum atomic E-state index is 12.6. The average Bonchev–Trinajstić information content (AvgIpc) is 3.30. The third-order valence-corrected chi connectivity index (χ3v) is 5.90. The van der Waals surface area contributed by atoms with E-state index in [9.17, 15) is 4.79 Å². The molecule has 1 fully saturated rings. The van der Waals surface area contributed by atoms with E-state index in [4.69, 9.17) is 11.6 Å². The number of amides is 1. The highest BCUT2D eigenvalue weighted by Gasteiger charge is 2.25. The lowest BCUT2D eigenvalue weighted by atomic mass is 9.97. The number of aromatic nitrogens is 5. The van der Waals surface area contributed by atoms with Gasteiger partial charge in [-0.1, -0.05) is 48.4 Å². The number of hydrogen-bond donors (Lipinski definition) is 1. The maximum Gasteiger partial charge on any atom is 0.229 e. The van der Waals surface area contributed by atoms with Gasteiger partial charge in [0.1, 0.15) is 5.82 Å². The molecule has 32 heavy (non-hydrogen) atoms. The van der Waals surface area contributed by atoms with Crippen molar-refractivity contribution in [2.45, 2.75) is 38.6 Å². The van der Waals surface area contributed by atoms with Crippen LogP contribution in [0.25, 0.3) is 11.4 Å². The van der Waals surface area contributed by atoms with E-state index >= 15 is 0 Å². The Hall–Kier alpha value is -2.84. The van der Waals surface area contributed by atoms with Crippen LogP contribution in [0.2, 0.25) is 5.02 Å². The van der Waals surface area contributed by atoms with Crippen LogP contribution in [0.5, 0.6) is 0 Å². The van der Waals surface area contributed by atoms with E-state index in [0.717, 1.165) is 63.8 Å². The van der Waals surface area contributed by atoms with E-state index in [1.54, 1.807) is 23.1 Å². The van der Waals surface area contributed by atoms with E-state index < -0.39 is 0 Å². The second kappa shape index (κ2) is 11.2. The second-order valence-corrected chi connectivity index (χ2v) is 8.56. The van der Waals surface area contributed by atoms with E-state index in [1.165, 1.54) is 0 Å². The van der Waals surface area contributed by atoms with Gasteiger partial charge in [-0.15, -0.1) is 10.2 Å². The summed E-state index contributed by atoms with van der Waals surface area (Å²) < 4.78 is 0. The minimum Gasteiger partial charge on any atom is -0.310 e. The molecule has 4 rings (SSSR count). The summed E-state index contributed by atoms with van der Waals surface area (Å²) in [6.07, 6.45) is 6.68. The Kier molecular flexibility index (Phi) is 7.79. The molecule has 3 heterocycles. The molecule has 9 heteroatoms. The Bertz CT molecular complexity index is 993. The number of nitrogens with zero attached hydrogens (tertiary/aromatic N) is 6. The molecule has 0 saturated carbocycles. The third kappa shape index (κ3) is 6.34. The summed E-state index contributed by atoms with van der Waals surface area (Å²) in [5.74, 6) is 1.25. The first-order valence-electron chi connectivity index (χ1n) is 11.2. The van der Waals surface area contributed by atoms with Crippen molar-refractivity contribution < 1.29 is 4.79 Å². The van der Waals surface area contributed by atoms with Crippen molar-refractivity contribution in [3.63, 3.8) is 0 Å². The number of aryl methyl sites for hydroxylation is 1. The first-order chi connectivity index (χ1) is 15.7. The molecule has 1 aliphatic heterocycles. The topological polar surface area (TPSA) is 88.8 Å². The minimum absolute atomic E-state index is 0.00279. The maximum absolute atomic E-state index is 12.6. The van der Waals surface area contributed by atoms with Gasteiger partial charge in [0.2, 0.25) is 11.7 Å². The SMILES string of the molecule is O=C(Nc1ccc(Cl)cn1)C1CCCN(CCCCCn2nnc(-c3ccccc3)n2)C1. The number of benzene rings is 1. The number of carbonyl (C=O) groups is 1. The van der Waals surface area contributed by atoms with E-state index in [1.807, 2.05) is 30.3 Å². The van der Waals surface area contributed by atoms with Crippen molar-refractivity contribution in [3.05, 3.63) is 53.7 Å². The van der Waals surface area contributed by atoms with Crippen LogP contribution in [0.3, 0.4) is 0 Å². The smallest absolute Gasteiger partial charge is 0.229 e. The molecule has 8 nitrogen and oxygen atoms in total. The molecular formula is C23H28ClN7O. The number of unbranched alkanes of at least 4 members (excludes halogenated alkanes) is 2. The molecule has 2 aromatic heterocycles. The minimum atomic E-state index is -0.00279. The van der Waals surface area contributed by atoms with Crippen molar-refractivity contribution >= 4 is 23.3 Å². The van der Waals surface area contributed by atoms with Crippen LogP contribution in [-0.4, -0.2) is 55.6 Å². The second-order valence-electron chi connectivity index (χ2n) is 8.13. The highest BCUT2D eigenvalue weighted by atomic mass is 35.5. The molecule has 0 spiro atoms. The number of nitrogens with one attached hydrogen (secondary N) is 1. The number of anilines is 1. The van der Waals surface area contributed by atoms with E-state index in [0.29, 0.717) is 16.7 Å². The number of carbonyl (C=O) groups excluding carboxylic acids is 1. The normalized spacial score (nSPS) is 16.7. The van der Waals surface area contributed by atoms with Gasteiger partial charge in [0.05, 0.1) is 17.5 Å². The van der Waals surface area contributed by atoms with Gasteiger partial charge in [-0.05, 0) is 56.1 Å². The number of pyridine rings is 1. The fraction of sp³-hybridized carbons (Fsp3) is 0.435. The largest absolute Gasteiger partial charge is 0.310 e.